The van der Waals surface area contributed by atoms with Gasteiger partial charge in [0, 0.05) is 0 Å². The van der Waals surface area contributed by atoms with Crippen molar-refractivity contribution in [3.8, 4) is 39.4 Å². The molecule has 0 bridgehead atoms. The van der Waals surface area contributed by atoms with Gasteiger partial charge >= 0.3 is 0 Å². The number of nitrogens with zero attached hydrogens (tertiary/aromatic N) is 3. The summed E-state index contributed by atoms with van der Waals surface area (Å²) in [4.78, 5) is 7.42. The van der Waals surface area contributed by atoms with E-state index < -0.39 is 13.5 Å². The van der Waals surface area contributed by atoms with Crippen LogP contribution in [0.4, 0.5) is 11.4 Å². The summed E-state index contributed by atoms with van der Waals surface area (Å²) in [6.07, 6.45) is 0. The lowest BCUT2D eigenvalue weighted by molar-refractivity contribution is 0.794. The van der Waals surface area contributed by atoms with Crippen LogP contribution < -0.4 is 20.7 Å². The molecule has 0 aromatic heterocycles. The normalized spacial score (nSPS) is 12.7. The summed E-state index contributed by atoms with van der Waals surface area (Å²) in [7, 11) is -3.09. The second kappa shape index (κ2) is 12.8. The summed E-state index contributed by atoms with van der Waals surface area (Å²) < 4.78 is 0. The Morgan fingerprint density at radius 3 is 1.34 bits per heavy atom. The van der Waals surface area contributed by atoms with Crippen molar-refractivity contribution in [1.82, 2.24) is 0 Å². The SMILES string of the molecule is [C-]#[N+]c1ccc([Si](c2ccc(C#N)cc2)(c2ccc([N+]#[C-])cc2)c2cccc(-c3ccc4c(c3)C3(c5ccccc5-c5ccccc53)c3ccccc3-4)c2)cc1. The molecule has 0 fully saturated rings. The van der Waals surface area contributed by atoms with E-state index in [1.54, 1.807) is 0 Å². The van der Waals surface area contributed by atoms with Crippen LogP contribution in [0.15, 0.2) is 188 Å². The van der Waals surface area contributed by atoms with Gasteiger partial charge in [0.15, 0.2) is 19.4 Å². The predicted molar refractivity (Wildman–Crippen MR) is 229 cm³/mol. The standard InChI is InChI=1S/C52H31N3Si/c1-54-38-21-27-41(28-22-38)56(40-25-18-35(34-53)19-26-40,42-29-23-39(55-2)24-30-42)43-11-9-10-36(32-43)37-20-31-47-46-14-5-8-17-50(46)52(51(47)33-37)48-15-6-3-12-44(48)45-13-4-7-16-49(45)52/h3-33H. The van der Waals surface area contributed by atoms with Gasteiger partial charge in [-0.05, 0) is 94.6 Å². The number of nitriles is 1. The van der Waals surface area contributed by atoms with Crippen LogP contribution >= 0.6 is 0 Å². The second-order valence-electron chi connectivity index (χ2n) is 14.5. The molecule has 2 aliphatic rings. The maximum Gasteiger partial charge on any atom is 0.187 e. The van der Waals surface area contributed by atoms with Gasteiger partial charge in [0.2, 0.25) is 0 Å². The van der Waals surface area contributed by atoms with Gasteiger partial charge in [-0.2, -0.15) is 5.26 Å². The largest absolute Gasteiger partial charge is 0.238 e. The van der Waals surface area contributed by atoms with E-state index in [1.807, 2.05) is 36.4 Å². The van der Waals surface area contributed by atoms with E-state index >= 15 is 0 Å². The Morgan fingerprint density at radius 1 is 0.411 bits per heavy atom. The van der Waals surface area contributed by atoms with Crippen molar-refractivity contribution in [1.29, 1.82) is 5.26 Å². The first-order valence-electron chi connectivity index (χ1n) is 18.6. The van der Waals surface area contributed by atoms with Crippen LogP contribution in [0.25, 0.3) is 43.1 Å². The molecule has 3 nitrogen and oxygen atoms in total. The van der Waals surface area contributed by atoms with Crippen LogP contribution in [-0.2, 0) is 5.41 Å². The van der Waals surface area contributed by atoms with E-state index in [0.29, 0.717) is 16.9 Å². The molecular weight excluding hydrogens is 695 g/mol. The Labute approximate surface area is 327 Å². The lowest BCUT2D eigenvalue weighted by Crippen LogP contribution is -2.74. The number of benzene rings is 8. The van der Waals surface area contributed by atoms with Gasteiger partial charge in [-0.15, -0.1) is 0 Å². The number of rotatable bonds is 5. The second-order valence-corrected chi connectivity index (χ2v) is 18.3. The summed E-state index contributed by atoms with van der Waals surface area (Å²) in [5.74, 6) is 0. The molecule has 4 heteroatoms. The number of fused-ring (bicyclic) bond motifs is 10. The zero-order valence-electron chi connectivity index (χ0n) is 30.2. The Kier molecular flexibility index (Phi) is 7.55. The zero-order valence-corrected chi connectivity index (χ0v) is 31.2. The van der Waals surface area contributed by atoms with Crippen LogP contribution in [0, 0.1) is 24.5 Å². The molecule has 0 radical (unpaired) electrons. The molecule has 0 unspecified atom stereocenters. The van der Waals surface area contributed by atoms with Gasteiger partial charge in [-0.1, -0.05) is 170 Å². The Hall–Kier alpha value is -7.55. The van der Waals surface area contributed by atoms with E-state index in [-0.39, 0.29) is 0 Å². The molecule has 0 saturated heterocycles. The highest BCUT2D eigenvalue weighted by molar-refractivity contribution is 7.20. The quantitative estimate of drug-likeness (QED) is 0.0988. The molecule has 258 valence electrons. The van der Waals surface area contributed by atoms with Crippen molar-refractivity contribution in [3.05, 3.63) is 239 Å². The Bertz CT molecular complexity index is 2790. The molecule has 0 heterocycles. The van der Waals surface area contributed by atoms with Crippen molar-refractivity contribution >= 4 is 40.2 Å². The molecule has 8 aromatic rings. The topological polar surface area (TPSA) is 32.5 Å². The first-order valence-corrected chi connectivity index (χ1v) is 20.6. The minimum atomic E-state index is -3.09. The van der Waals surface area contributed by atoms with Crippen molar-refractivity contribution < 1.29 is 0 Å². The summed E-state index contributed by atoms with van der Waals surface area (Å²) in [5.41, 5.74) is 13.9. The van der Waals surface area contributed by atoms with E-state index in [1.165, 1.54) is 49.7 Å². The third kappa shape index (κ3) is 4.60. The molecule has 2 aliphatic carbocycles. The lowest BCUT2D eigenvalue weighted by Gasteiger charge is -2.35. The molecular formula is C52H31N3Si. The van der Waals surface area contributed by atoms with E-state index in [4.69, 9.17) is 13.1 Å². The molecule has 8 aromatic carbocycles. The zero-order chi connectivity index (χ0) is 37.9. The van der Waals surface area contributed by atoms with Crippen LogP contribution in [0.5, 0.6) is 0 Å². The van der Waals surface area contributed by atoms with Crippen molar-refractivity contribution in [2.24, 2.45) is 0 Å². The van der Waals surface area contributed by atoms with Crippen LogP contribution in [0.3, 0.4) is 0 Å². The number of hydrogen-bond acceptors (Lipinski definition) is 1. The summed E-state index contributed by atoms with van der Waals surface area (Å²) in [6, 6.07) is 68.9. The molecule has 0 amide bonds. The maximum atomic E-state index is 9.77. The molecule has 1 spiro atoms. The molecule has 0 saturated carbocycles. The summed E-state index contributed by atoms with van der Waals surface area (Å²) in [5, 5.41) is 14.3. The van der Waals surface area contributed by atoms with Gasteiger partial charge in [0.1, 0.15) is 0 Å². The van der Waals surface area contributed by atoms with Crippen molar-refractivity contribution in [3.63, 3.8) is 0 Å². The highest BCUT2D eigenvalue weighted by Gasteiger charge is 2.51. The molecule has 56 heavy (non-hydrogen) atoms. The Balaban J connectivity index is 1.23. The van der Waals surface area contributed by atoms with Gasteiger partial charge < -0.3 is 0 Å². The highest BCUT2D eigenvalue weighted by atomic mass is 28.3. The minimum Gasteiger partial charge on any atom is -0.238 e. The third-order valence-electron chi connectivity index (χ3n) is 11.9. The lowest BCUT2D eigenvalue weighted by atomic mass is 9.70. The number of hydrogen-bond donors (Lipinski definition) is 0. The van der Waals surface area contributed by atoms with Crippen LogP contribution in [-0.4, -0.2) is 8.07 Å². The first-order chi connectivity index (χ1) is 27.6. The average Bonchev–Trinajstić information content (AvgIpc) is 3.74. The van der Waals surface area contributed by atoms with Crippen LogP contribution in [0.2, 0.25) is 0 Å². The van der Waals surface area contributed by atoms with Crippen LogP contribution in [0.1, 0.15) is 27.8 Å². The van der Waals surface area contributed by atoms with E-state index in [9.17, 15) is 5.26 Å². The molecule has 0 N–H and O–H groups in total. The van der Waals surface area contributed by atoms with Gasteiger partial charge in [-0.25, -0.2) is 9.69 Å². The predicted octanol–water partition coefficient (Wildman–Crippen LogP) is 10.0. The monoisotopic (exact) mass is 725 g/mol. The van der Waals surface area contributed by atoms with Gasteiger partial charge in [0.25, 0.3) is 0 Å². The molecule has 10 rings (SSSR count). The average molecular weight is 726 g/mol. The smallest absolute Gasteiger partial charge is 0.187 e. The first kappa shape index (κ1) is 33.0. The molecule has 0 atom stereocenters. The van der Waals surface area contributed by atoms with Crippen molar-refractivity contribution in [2.75, 3.05) is 0 Å². The fourth-order valence-electron chi connectivity index (χ4n) is 9.57. The fraction of sp³-hybridized carbons (Fsp3) is 0.0192. The molecule has 0 aliphatic heterocycles. The fourth-order valence-corrected chi connectivity index (χ4v) is 14.3. The van der Waals surface area contributed by atoms with Gasteiger partial charge in [-0.3, -0.25) is 0 Å². The van der Waals surface area contributed by atoms with E-state index in [2.05, 4.69) is 167 Å². The Morgan fingerprint density at radius 2 is 0.857 bits per heavy atom. The third-order valence-corrected chi connectivity index (χ3v) is 16.7. The van der Waals surface area contributed by atoms with Crippen molar-refractivity contribution in [2.45, 2.75) is 5.41 Å². The highest BCUT2D eigenvalue weighted by Crippen LogP contribution is 2.63. The van der Waals surface area contributed by atoms with E-state index in [0.717, 1.165) is 26.7 Å². The minimum absolute atomic E-state index is 0.441. The van der Waals surface area contributed by atoms with Gasteiger partial charge in [0.05, 0.1) is 30.2 Å². The summed E-state index contributed by atoms with van der Waals surface area (Å²) in [6.45, 7) is 15.4. The maximum absolute atomic E-state index is 9.77. The summed E-state index contributed by atoms with van der Waals surface area (Å²) >= 11 is 0.